The maximum atomic E-state index is 11.6. The van der Waals surface area contributed by atoms with Gasteiger partial charge in [0.25, 0.3) is 0 Å². The summed E-state index contributed by atoms with van der Waals surface area (Å²) in [5.74, 6) is 0.569. The molecule has 0 spiro atoms. The van der Waals surface area contributed by atoms with Crippen LogP contribution in [0.2, 0.25) is 0 Å². The van der Waals surface area contributed by atoms with Crippen LogP contribution in [-0.2, 0) is 0 Å². The molecule has 2 heterocycles. The van der Waals surface area contributed by atoms with Crippen LogP contribution in [0.1, 0.15) is 6.42 Å². The van der Waals surface area contributed by atoms with Crippen LogP contribution >= 0.6 is 0 Å². The Labute approximate surface area is 101 Å². The van der Waals surface area contributed by atoms with Crippen molar-refractivity contribution in [2.45, 2.75) is 6.42 Å². The van der Waals surface area contributed by atoms with Gasteiger partial charge in [0.15, 0.2) is 0 Å². The third-order valence-electron chi connectivity index (χ3n) is 2.96. The van der Waals surface area contributed by atoms with E-state index < -0.39 is 0 Å². The largest absolute Gasteiger partial charge is 0.338 e. The zero-order valence-corrected chi connectivity index (χ0v) is 10.0. The van der Waals surface area contributed by atoms with E-state index in [1.807, 2.05) is 6.07 Å². The molecule has 2 amide bonds. The third-order valence-corrected chi connectivity index (χ3v) is 2.96. The molecule has 0 bridgehead atoms. The van der Waals surface area contributed by atoms with Crippen LogP contribution in [0.25, 0.3) is 0 Å². The highest BCUT2D eigenvalue weighted by atomic mass is 16.2. The van der Waals surface area contributed by atoms with Gasteiger partial charge in [-0.05, 0) is 38.1 Å². The lowest BCUT2D eigenvalue weighted by Gasteiger charge is -2.12. The van der Waals surface area contributed by atoms with E-state index in [0.29, 0.717) is 11.6 Å². The van der Waals surface area contributed by atoms with Gasteiger partial charge in [-0.25, -0.2) is 4.79 Å². The van der Waals surface area contributed by atoms with E-state index in [-0.39, 0.29) is 6.03 Å². The molecule has 2 N–H and O–H groups in total. The molecule has 17 heavy (non-hydrogen) atoms. The Hall–Kier alpha value is -1.62. The molecule has 0 radical (unpaired) electrons. The lowest BCUT2D eigenvalue weighted by atomic mass is 10.1. The number of nitrogens with zero attached hydrogens (tertiary/aromatic N) is 2. The number of rotatable bonds is 3. The highest BCUT2D eigenvalue weighted by Crippen LogP contribution is 2.12. The summed E-state index contributed by atoms with van der Waals surface area (Å²) in [5.41, 5.74) is 0.716. The first kappa shape index (κ1) is 11.9. The average molecular weight is 234 g/mol. The van der Waals surface area contributed by atoms with Crippen molar-refractivity contribution in [1.29, 1.82) is 0 Å². The van der Waals surface area contributed by atoms with Crippen LogP contribution in [0.5, 0.6) is 0 Å². The van der Waals surface area contributed by atoms with Crippen molar-refractivity contribution in [3.05, 3.63) is 24.5 Å². The van der Waals surface area contributed by atoms with Crippen LogP contribution in [0.3, 0.4) is 0 Å². The zero-order valence-electron chi connectivity index (χ0n) is 10.0. The van der Waals surface area contributed by atoms with Crippen LogP contribution in [-0.4, -0.2) is 42.6 Å². The number of hydrogen-bond donors (Lipinski definition) is 2. The molecule has 1 aromatic heterocycles. The third kappa shape index (κ3) is 3.71. The fourth-order valence-corrected chi connectivity index (χ4v) is 2.04. The summed E-state index contributed by atoms with van der Waals surface area (Å²) in [6, 6.07) is 3.45. The minimum Gasteiger partial charge on any atom is -0.338 e. The van der Waals surface area contributed by atoms with Gasteiger partial charge in [-0.1, -0.05) is 0 Å². The Morgan fingerprint density at radius 2 is 2.53 bits per heavy atom. The maximum Gasteiger partial charge on any atom is 0.319 e. The Bertz CT molecular complexity index is 368. The normalized spacial score (nSPS) is 20.2. The second kappa shape index (κ2) is 5.63. The van der Waals surface area contributed by atoms with Gasteiger partial charge in [-0.2, -0.15) is 0 Å². The van der Waals surface area contributed by atoms with E-state index in [4.69, 9.17) is 0 Å². The Balaban J connectivity index is 1.71. The van der Waals surface area contributed by atoms with Gasteiger partial charge < -0.3 is 15.5 Å². The summed E-state index contributed by atoms with van der Waals surface area (Å²) in [4.78, 5) is 17.8. The average Bonchev–Trinajstić information content (AvgIpc) is 2.74. The Kier molecular flexibility index (Phi) is 3.93. The molecule has 0 unspecified atom stereocenters. The van der Waals surface area contributed by atoms with Crippen LogP contribution in [0.15, 0.2) is 24.5 Å². The lowest BCUT2D eigenvalue weighted by Crippen LogP contribution is -2.33. The van der Waals surface area contributed by atoms with Crippen LogP contribution in [0, 0.1) is 5.92 Å². The number of carbonyl (C=O) groups is 1. The summed E-state index contributed by atoms with van der Waals surface area (Å²) < 4.78 is 0. The summed E-state index contributed by atoms with van der Waals surface area (Å²) >= 11 is 0. The second-order valence-corrected chi connectivity index (χ2v) is 4.49. The van der Waals surface area contributed by atoms with Crippen molar-refractivity contribution in [2.75, 3.05) is 32.0 Å². The van der Waals surface area contributed by atoms with Crippen molar-refractivity contribution < 1.29 is 4.79 Å². The second-order valence-electron chi connectivity index (χ2n) is 4.49. The lowest BCUT2D eigenvalue weighted by molar-refractivity contribution is 0.250. The predicted octanol–water partition coefficient (Wildman–Crippen LogP) is 1.15. The number of urea groups is 1. The van der Waals surface area contributed by atoms with E-state index in [0.717, 1.165) is 26.1 Å². The molecule has 0 aliphatic carbocycles. The molecule has 5 heteroatoms. The molecule has 2 rings (SSSR count). The molecule has 1 atom stereocenters. The van der Waals surface area contributed by atoms with Gasteiger partial charge in [0.05, 0.1) is 11.9 Å². The fraction of sp³-hybridized carbons (Fsp3) is 0.500. The number of hydrogen-bond acceptors (Lipinski definition) is 3. The molecule has 1 aromatic rings. The fourth-order valence-electron chi connectivity index (χ4n) is 2.04. The molecule has 0 saturated carbocycles. The number of nitrogens with one attached hydrogen (secondary N) is 2. The Morgan fingerprint density at radius 3 is 3.18 bits per heavy atom. The maximum absolute atomic E-state index is 11.6. The summed E-state index contributed by atoms with van der Waals surface area (Å²) in [6.45, 7) is 2.92. The van der Waals surface area contributed by atoms with Gasteiger partial charge in [0.2, 0.25) is 0 Å². The van der Waals surface area contributed by atoms with Gasteiger partial charge in [-0.15, -0.1) is 0 Å². The quantitative estimate of drug-likeness (QED) is 0.825. The number of pyridine rings is 1. The number of likely N-dealkylation sites (tertiary alicyclic amines) is 1. The molecule has 1 aliphatic rings. The first-order chi connectivity index (χ1) is 8.24. The topological polar surface area (TPSA) is 57.3 Å². The SMILES string of the molecule is CN1CC[C@@H](CNC(=O)Nc2cccnc2)C1. The number of amides is 2. The molecule has 1 fully saturated rings. The standard InChI is InChI=1S/C12H18N4O/c1-16-6-4-10(9-16)7-14-12(17)15-11-3-2-5-13-8-11/h2-3,5,8,10H,4,6-7,9H2,1H3,(H2,14,15,17)/t10-/m0/s1. The number of anilines is 1. The molecule has 5 nitrogen and oxygen atoms in total. The van der Waals surface area contributed by atoms with Crippen LogP contribution in [0.4, 0.5) is 10.5 Å². The van der Waals surface area contributed by atoms with E-state index in [1.54, 1.807) is 18.5 Å². The van der Waals surface area contributed by atoms with Gasteiger partial charge in [0, 0.05) is 19.3 Å². The smallest absolute Gasteiger partial charge is 0.319 e. The predicted molar refractivity (Wildman–Crippen MR) is 66.9 cm³/mol. The van der Waals surface area contributed by atoms with Crippen LogP contribution < -0.4 is 10.6 Å². The van der Waals surface area contributed by atoms with Gasteiger partial charge >= 0.3 is 6.03 Å². The summed E-state index contributed by atoms with van der Waals surface area (Å²) in [5, 5.41) is 5.64. The number of carbonyl (C=O) groups excluding carboxylic acids is 1. The summed E-state index contributed by atoms with van der Waals surface area (Å²) in [7, 11) is 2.11. The van der Waals surface area contributed by atoms with Gasteiger partial charge in [0.1, 0.15) is 0 Å². The zero-order chi connectivity index (χ0) is 12.1. The first-order valence-corrected chi connectivity index (χ1v) is 5.87. The Morgan fingerprint density at radius 1 is 1.65 bits per heavy atom. The minimum atomic E-state index is -0.160. The number of aromatic nitrogens is 1. The van der Waals surface area contributed by atoms with E-state index in [2.05, 4.69) is 27.6 Å². The van der Waals surface area contributed by atoms with Crippen molar-refractivity contribution in [2.24, 2.45) is 5.92 Å². The summed E-state index contributed by atoms with van der Waals surface area (Å²) in [6.07, 6.45) is 4.46. The monoisotopic (exact) mass is 234 g/mol. The molecular weight excluding hydrogens is 216 g/mol. The van der Waals surface area contributed by atoms with Crippen molar-refractivity contribution in [3.63, 3.8) is 0 Å². The first-order valence-electron chi connectivity index (χ1n) is 5.87. The van der Waals surface area contributed by atoms with Crippen molar-refractivity contribution in [1.82, 2.24) is 15.2 Å². The van der Waals surface area contributed by atoms with E-state index in [9.17, 15) is 4.79 Å². The minimum absolute atomic E-state index is 0.160. The molecule has 0 aromatic carbocycles. The van der Waals surface area contributed by atoms with E-state index in [1.165, 1.54) is 0 Å². The van der Waals surface area contributed by atoms with Crippen molar-refractivity contribution >= 4 is 11.7 Å². The van der Waals surface area contributed by atoms with E-state index >= 15 is 0 Å². The molecule has 1 aliphatic heterocycles. The molecular formula is C12H18N4O. The van der Waals surface area contributed by atoms with Gasteiger partial charge in [-0.3, -0.25) is 4.98 Å². The molecule has 1 saturated heterocycles. The highest BCUT2D eigenvalue weighted by molar-refractivity contribution is 5.88. The molecule has 92 valence electrons. The van der Waals surface area contributed by atoms with Crippen molar-refractivity contribution in [3.8, 4) is 0 Å². The highest BCUT2D eigenvalue weighted by Gasteiger charge is 2.19.